The SMILES string of the molecule is CCc1[c]ccc(CCc2ccccc2)c1-c1ccccc1. The van der Waals surface area contributed by atoms with Gasteiger partial charge in [-0.15, -0.1) is 0 Å². The van der Waals surface area contributed by atoms with Gasteiger partial charge in [0.1, 0.15) is 0 Å². The summed E-state index contributed by atoms with van der Waals surface area (Å²) in [5.74, 6) is 0. The molecule has 0 saturated heterocycles. The first-order chi connectivity index (χ1) is 10.9. The van der Waals surface area contributed by atoms with E-state index < -0.39 is 0 Å². The van der Waals surface area contributed by atoms with Gasteiger partial charge in [0.25, 0.3) is 0 Å². The molecule has 0 aromatic heterocycles. The fraction of sp³-hybridized carbons (Fsp3) is 0.182. The third-order valence-corrected chi connectivity index (χ3v) is 4.11. The third kappa shape index (κ3) is 3.28. The van der Waals surface area contributed by atoms with Crippen molar-refractivity contribution in [1.82, 2.24) is 0 Å². The van der Waals surface area contributed by atoms with E-state index in [4.69, 9.17) is 0 Å². The first kappa shape index (κ1) is 14.6. The zero-order chi connectivity index (χ0) is 15.2. The van der Waals surface area contributed by atoms with Crippen molar-refractivity contribution >= 4 is 0 Å². The molecule has 1 radical (unpaired) electrons. The smallest absolute Gasteiger partial charge is 0.0114 e. The molecule has 0 nitrogen and oxygen atoms in total. The van der Waals surface area contributed by atoms with Crippen LogP contribution in [0.25, 0.3) is 11.1 Å². The molecule has 0 N–H and O–H groups in total. The highest BCUT2D eigenvalue weighted by Gasteiger charge is 2.09. The fourth-order valence-corrected chi connectivity index (χ4v) is 2.97. The molecule has 22 heavy (non-hydrogen) atoms. The maximum absolute atomic E-state index is 3.42. The summed E-state index contributed by atoms with van der Waals surface area (Å²) in [5, 5.41) is 0. The molecule has 0 heterocycles. The van der Waals surface area contributed by atoms with Gasteiger partial charge < -0.3 is 0 Å². The van der Waals surface area contributed by atoms with E-state index in [0.29, 0.717) is 0 Å². The lowest BCUT2D eigenvalue weighted by Gasteiger charge is -2.14. The van der Waals surface area contributed by atoms with Gasteiger partial charge in [-0.25, -0.2) is 0 Å². The van der Waals surface area contributed by atoms with E-state index >= 15 is 0 Å². The van der Waals surface area contributed by atoms with Gasteiger partial charge in [0.15, 0.2) is 0 Å². The van der Waals surface area contributed by atoms with Crippen LogP contribution in [-0.4, -0.2) is 0 Å². The third-order valence-electron chi connectivity index (χ3n) is 4.11. The summed E-state index contributed by atoms with van der Waals surface area (Å²) in [5.41, 5.74) is 6.82. The van der Waals surface area contributed by atoms with Crippen molar-refractivity contribution in [1.29, 1.82) is 0 Å². The summed E-state index contributed by atoms with van der Waals surface area (Å²) in [4.78, 5) is 0. The second-order valence-corrected chi connectivity index (χ2v) is 5.56. The summed E-state index contributed by atoms with van der Waals surface area (Å²) in [6, 6.07) is 29.2. The summed E-state index contributed by atoms with van der Waals surface area (Å²) >= 11 is 0. The number of hydrogen-bond acceptors (Lipinski definition) is 0. The Balaban J connectivity index is 1.94. The van der Waals surface area contributed by atoms with Crippen molar-refractivity contribution in [2.45, 2.75) is 26.2 Å². The summed E-state index contributed by atoms with van der Waals surface area (Å²) < 4.78 is 0. The molecule has 0 heteroatoms. The lowest BCUT2D eigenvalue weighted by Crippen LogP contribution is -1.98. The van der Waals surface area contributed by atoms with Crippen molar-refractivity contribution in [2.75, 3.05) is 0 Å². The lowest BCUT2D eigenvalue weighted by atomic mass is 9.90. The molecular formula is C22H21. The minimum absolute atomic E-state index is 1.02. The van der Waals surface area contributed by atoms with Gasteiger partial charge in [0.2, 0.25) is 0 Å². The standard InChI is InChI=1S/C22H21/c1-2-19-14-9-15-21(17-16-18-10-5-3-6-11-18)22(19)20-12-7-4-8-13-20/h3-13,15H,2,16-17H2,1H3. The normalized spacial score (nSPS) is 10.6. The Morgan fingerprint density at radius 2 is 1.45 bits per heavy atom. The van der Waals surface area contributed by atoms with Gasteiger partial charge in [0.05, 0.1) is 0 Å². The summed E-state index contributed by atoms with van der Waals surface area (Å²) in [6.07, 6.45) is 3.16. The molecule has 0 unspecified atom stereocenters. The Morgan fingerprint density at radius 3 is 2.14 bits per heavy atom. The molecule has 0 fully saturated rings. The number of aryl methyl sites for hydroxylation is 3. The van der Waals surface area contributed by atoms with Crippen LogP contribution in [0, 0.1) is 6.07 Å². The van der Waals surface area contributed by atoms with Crippen LogP contribution in [0.2, 0.25) is 0 Å². The van der Waals surface area contributed by atoms with E-state index in [1.807, 2.05) is 0 Å². The average Bonchev–Trinajstić information content (AvgIpc) is 2.61. The predicted octanol–water partition coefficient (Wildman–Crippen LogP) is 5.50. The van der Waals surface area contributed by atoms with Crippen molar-refractivity contribution in [2.24, 2.45) is 0 Å². The number of benzene rings is 3. The molecular weight excluding hydrogens is 264 g/mol. The number of hydrogen-bond donors (Lipinski definition) is 0. The minimum Gasteiger partial charge on any atom is -0.0622 e. The van der Waals surface area contributed by atoms with Gasteiger partial charge in [-0.1, -0.05) is 79.7 Å². The summed E-state index contributed by atoms with van der Waals surface area (Å²) in [7, 11) is 0. The Kier molecular flexibility index (Phi) is 4.70. The van der Waals surface area contributed by atoms with E-state index in [-0.39, 0.29) is 0 Å². The maximum Gasteiger partial charge on any atom is -0.0114 e. The molecule has 3 aromatic rings. The van der Waals surface area contributed by atoms with Crippen molar-refractivity contribution < 1.29 is 0 Å². The van der Waals surface area contributed by atoms with Crippen LogP contribution in [0.4, 0.5) is 0 Å². The van der Waals surface area contributed by atoms with Crippen molar-refractivity contribution in [3.8, 4) is 11.1 Å². The highest BCUT2D eigenvalue weighted by atomic mass is 14.1. The van der Waals surface area contributed by atoms with Crippen molar-refractivity contribution in [3.63, 3.8) is 0 Å². The van der Waals surface area contributed by atoms with Crippen LogP contribution < -0.4 is 0 Å². The predicted molar refractivity (Wildman–Crippen MR) is 93.9 cm³/mol. The first-order valence-corrected chi connectivity index (χ1v) is 8.00. The Morgan fingerprint density at radius 1 is 0.773 bits per heavy atom. The Hall–Kier alpha value is -2.34. The Bertz CT molecular complexity index is 712. The molecule has 3 aromatic carbocycles. The van der Waals surface area contributed by atoms with Crippen LogP contribution in [0.5, 0.6) is 0 Å². The second kappa shape index (κ2) is 7.09. The van der Waals surface area contributed by atoms with E-state index in [1.54, 1.807) is 0 Å². The Labute approximate surface area is 133 Å². The molecule has 0 saturated carbocycles. The molecule has 0 atom stereocenters. The van der Waals surface area contributed by atoms with Crippen LogP contribution in [0.3, 0.4) is 0 Å². The highest BCUT2D eigenvalue weighted by Crippen LogP contribution is 2.29. The van der Waals surface area contributed by atoms with Gasteiger partial charge in [-0.3, -0.25) is 0 Å². The van der Waals surface area contributed by atoms with Crippen LogP contribution in [-0.2, 0) is 19.3 Å². The molecule has 0 amide bonds. The average molecular weight is 285 g/mol. The zero-order valence-electron chi connectivity index (χ0n) is 13.0. The number of rotatable bonds is 5. The molecule has 109 valence electrons. The largest absolute Gasteiger partial charge is 0.0622 e. The van der Waals surface area contributed by atoms with Crippen LogP contribution in [0.15, 0.2) is 72.8 Å². The molecule has 0 aliphatic carbocycles. The van der Waals surface area contributed by atoms with E-state index in [0.717, 1.165) is 19.3 Å². The maximum atomic E-state index is 3.42. The van der Waals surface area contributed by atoms with Gasteiger partial charge in [-0.2, -0.15) is 0 Å². The minimum atomic E-state index is 1.02. The van der Waals surface area contributed by atoms with Crippen LogP contribution >= 0.6 is 0 Å². The first-order valence-electron chi connectivity index (χ1n) is 8.00. The highest BCUT2D eigenvalue weighted by molar-refractivity contribution is 5.71. The molecule has 3 rings (SSSR count). The monoisotopic (exact) mass is 285 g/mol. The van der Waals surface area contributed by atoms with E-state index in [2.05, 4.69) is 85.8 Å². The van der Waals surface area contributed by atoms with Gasteiger partial charge >= 0.3 is 0 Å². The molecule has 0 spiro atoms. The topological polar surface area (TPSA) is 0 Å². The van der Waals surface area contributed by atoms with E-state index in [9.17, 15) is 0 Å². The van der Waals surface area contributed by atoms with Gasteiger partial charge in [0, 0.05) is 0 Å². The van der Waals surface area contributed by atoms with Gasteiger partial charge in [-0.05, 0) is 53.1 Å². The zero-order valence-corrected chi connectivity index (χ0v) is 13.0. The van der Waals surface area contributed by atoms with Crippen LogP contribution in [0.1, 0.15) is 23.6 Å². The lowest BCUT2D eigenvalue weighted by molar-refractivity contribution is 0.956. The fourth-order valence-electron chi connectivity index (χ4n) is 2.97. The molecule has 0 bridgehead atoms. The molecule has 0 aliphatic heterocycles. The van der Waals surface area contributed by atoms with E-state index in [1.165, 1.54) is 27.8 Å². The summed E-state index contributed by atoms with van der Waals surface area (Å²) in [6.45, 7) is 2.21. The second-order valence-electron chi connectivity index (χ2n) is 5.56. The molecule has 0 aliphatic rings. The quantitative estimate of drug-likeness (QED) is 0.580. The van der Waals surface area contributed by atoms with Crippen molar-refractivity contribution in [3.05, 3.63) is 95.6 Å².